The van der Waals surface area contributed by atoms with Crippen LogP contribution < -0.4 is 5.32 Å². The molecule has 102 valence electrons. The SMILES string of the molecule is O=C(CCCCCc1ccccc1)N[C@H]1CCC1=O. The fraction of sp³-hybridized carbons (Fsp3) is 0.500. The predicted octanol–water partition coefficient (Wildman–Crippen LogP) is 2.64. The number of amides is 1. The van der Waals surface area contributed by atoms with Crippen LogP contribution >= 0.6 is 0 Å². The molecular formula is C16H21NO2. The summed E-state index contributed by atoms with van der Waals surface area (Å²) < 4.78 is 0. The Morgan fingerprint density at radius 3 is 2.58 bits per heavy atom. The minimum absolute atomic E-state index is 0.0257. The Bertz CT molecular complexity index is 428. The summed E-state index contributed by atoms with van der Waals surface area (Å²) in [7, 11) is 0. The Morgan fingerprint density at radius 1 is 1.16 bits per heavy atom. The molecule has 2 rings (SSSR count). The number of rotatable bonds is 7. The van der Waals surface area contributed by atoms with E-state index in [-0.39, 0.29) is 17.7 Å². The van der Waals surface area contributed by atoms with Crippen LogP contribution in [0.2, 0.25) is 0 Å². The zero-order chi connectivity index (χ0) is 13.5. The highest BCUT2D eigenvalue weighted by Gasteiger charge is 2.28. The molecule has 0 bridgehead atoms. The number of hydrogen-bond donors (Lipinski definition) is 1. The molecule has 0 radical (unpaired) electrons. The van der Waals surface area contributed by atoms with E-state index < -0.39 is 0 Å². The van der Waals surface area contributed by atoms with Crippen LogP contribution in [0.25, 0.3) is 0 Å². The van der Waals surface area contributed by atoms with E-state index in [2.05, 4.69) is 29.6 Å². The summed E-state index contributed by atoms with van der Waals surface area (Å²) in [6.45, 7) is 0. The molecule has 1 aromatic carbocycles. The number of Topliss-reactive ketones (excluding diaryl/α,β-unsaturated/α-hetero) is 1. The van der Waals surface area contributed by atoms with Crippen LogP contribution in [0, 0.1) is 0 Å². The number of hydrogen-bond acceptors (Lipinski definition) is 2. The summed E-state index contributed by atoms with van der Waals surface area (Å²) in [4.78, 5) is 22.6. The van der Waals surface area contributed by atoms with Crippen LogP contribution in [0.1, 0.15) is 44.1 Å². The Labute approximate surface area is 114 Å². The van der Waals surface area contributed by atoms with Gasteiger partial charge in [-0.1, -0.05) is 36.8 Å². The molecule has 0 aromatic heterocycles. The summed E-state index contributed by atoms with van der Waals surface area (Å²) in [6, 6.07) is 10.2. The lowest BCUT2D eigenvalue weighted by atomic mass is 9.91. The third kappa shape index (κ3) is 4.51. The minimum atomic E-state index is -0.184. The van der Waals surface area contributed by atoms with Crippen molar-refractivity contribution < 1.29 is 9.59 Å². The number of benzene rings is 1. The lowest BCUT2D eigenvalue weighted by Gasteiger charge is -2.24. The summed E-state index contributed by atoms with van der Waals surface area (Å²) in [5.74, 6) is 0.204. The van der Waals surface area contributed by atoms with Gasteiger partial charge >= 0.3 is 0 Å². The predicted molar refractivity (Wildman–Crippen MR) is 74.8 cm³/mol. The first-order chi connectivity index (χ1) is 9.25. The Kier molecular flexibility index (Phi) is 5.13. The first kappa shape index (κ1) is 13.8. The maximum absolute atomic E-state index is 11.6. The van der Waals surface area contributed by atoms with Crippen molar-refractivity contribution in [3.63, 3.8) is 0 Å². The largest absolute Gasteiger partial charge is 0.346 e. The molecule has 0 saturated heterocycles. The van der Waals surface area contributed by atoms with Crippen molar-refractivity contribution in [2.24, 2.45) is 0 Å². The lowest BCUT2D eigenvalue weighted by Crippen LogP contribution is -2.47. The summed E-state index contributed by atoms with van der Waals surface area (Å²) in [6.07, 6.45) is 6.13. The van der Waals surface area contributed by atoms with Crippen molar-refractivity contribution in [2.75, 3.05) is 0 Å². The van der Waals surface area contributed by atoms with E-state index in [0.29, 0.717) is 12.8 Å². The molecule has 1 aliphatic carbocycles. The van der Waals surface area contributed by atoms with Crippen LogP contribution in [-0.2, 0) is 16.0 Å². The van der Waals surface area contributed by atoms with Crippen LogP contribution in [-0.4, -0.2) is 17.7 Å². The molecule has 19 heavy (non-hydrogen) atoms. The van der Waals surface area contributed by atoms with Gasteiger partial charge in [0.05, 0.1) is 6.04 Å². The monoisotopic (exact) mass is 259 g/mol. The molecule has 3 heteroatoms. The van der Waals surface area contributed by atoms with E-state index in [9.17, 15) is 9.59 Å². The molecule has 0 unspecified atom stereocenters. The molecule has 0 aliphatic heterocycles. The van der Waals surface area contributed by atoms with E-state index in [1.165, 1.54) is 5.56 Å². The quantitative estimate of drug-likeness (QED) is 0.765. The van der Waals surface area contributed by atoms with Gasteiger partial charge in [0.2, 0.25) is 5.91 Å². The molecule has 3 nitrogen and oxygen atoms in total. The van der Waals surface area contributed by atoms with Crippen molar-refractivity contribution in [1.82, 2.24) is 5.32 Å². The van der Waals surface area contributed by atoms with Crippen molar-refractivity contribution >= 4 is 11.7 Å². The zero-order valence-electron chi connectivity index (χ0n) is 11.2. The van der Waals surface area contributed by atoms with Gasteiger partial charge in [0.1, 0.15) is 0 Å². The summed E-state index contributed by atoms with van der Waals surface area (Å²) >= 11 is 0. The van der Waals surface area contributed by atoms with E-state index in [1.54, 1.807) is 0 Å². The van der Waals surface area contributed by atoms with Gasteiger partial charge in [0.25, 0.3) is 0 Å². The van der Waals surface area contributed by atoms with Gasteiger partial charge in [0.15, 0.2) is 5.78 Å². The topological polar surface area (TPSA) is 46.2 Å². The number of nitrogens with one attached hydrogen (secondary N) is 1. The number of unbranched alkanes of at least 4 members (excludes halogenated alkanes) is 2. The molecule has 1 atom stereocenters. The normalized spacial score (nSPS) is 17.9. The van der Waals surface area contributed by atoms with Crippen LogP contribution in [0.15, 0.2) is 30.3 Å². The molecule has 0 spiro atoms. The van der Waals surface area contributed by atoms with Gasteiger partial charge in [-0.25, -0.2) is 0 Å². The maximum atomic E-state index is 11.6. The molecule has 1 saturated carbocycles. The summed E-state index contributed by atoms with van der Waals surface area (Å²) in [5, 5.41) is 2.79. The van der Waals surface area contributed by atoms with Crippen LogP contribution in [0.3, 0.4) is 0 Å². The molecule has 1 fully saturated rings. The van der Waals surface area contributed by atoms with E-state index >= 15 is 0 Å². The van der Waals surface area contributed by atoms with Crippen LogP contribution in [0.4, 0.5) is 0 Å². The fourth-order valence-electron chi connectivity index (χ4n) is 2.26. The maximum Gasteiger partial charge on any atom is 0.220 e. The lowest BCUT2D eigenvalue weighted by molar-refractivity contribution is -0.132. The Hall–Kier alpha value is -1.64. The zero-order valence-corrected chi connectivity index (χ0v) is 11.2. The molecule has 0 heterocycles. The van der Waals surface area contributed by atoms with Gasteiger partial charge in [0, 0.05) is 12.8 Å². The van der Waals surface area contributed by atoms with Gasteiger partial charge < -0.3 is 5.32 Å². The number of carbonyl (C=O) groups excluding carboxylic acids is 2. The second-order valence-corrected chi connectivity index (χ2v) is 5.17. The highest BCUT2D eigenvalue weighted by Crippen LogP contribution is 2.14. The second kappa shape index (κ2) is 7.07. The van der Waals surface area contributed by atoms with Crippen molar-refractivity contribution in [2.45, 2.75) is 51.0 Å². The smallest absolute Gasteiger partial charge is 0.220 e. The highest BCUT2D eigenvalue weighted by atomic mass is 16.2. The standard InChI is InChI=1S/C16H21NO2/c18-15-12-11-14(15)17-16(19)10-6-2-5-9-13-7-3-1-4-8-13/h1,3-4,7-8,14H,2,5-6,9-12H2,(H,17,19)/t14-/m0/s1. The fourth-order valence-corrected chi connectivity index (χ4v) is 2.26. The second-order valence-electron chi connectivity index (χ2n) is 5.17. The molecule has 1 aliphatic rings. The third-order valence-corrected chi connectivity index (χ3v) is 3.62. The van der Waals surface area contributed by atoms with Gasteiger partial charge in [-0.05, 0) is 31.2 Å². The highest BCUT2D eigenvalue weighted by molar-refractivity contribution is 5.93. The third-order valence-electron chi connectivity index (χ3n) is 3.62. The van der Waals surface area contributed by atoms with Gasteiger partial charge in [-0.2, -0.15) is 0 Å². The first-order valence-corrected chi connectivity index (χ1v) is 7.12. The molecule has 1 amide bonds. The van der Waals surface area contributed by atoms with E-state index in [0.717, 1.165) is 32.1 Å². The molecule has 1 N–H and O–H groups in total. The average molecular weight is 259 g/mol. The average Bonchev–Trinajstić information content (AvgIpc) is 2.44. The number of ketones is 1. The van der Waals surface area contributed by atoms with E-state index in [1.807, 2.05) is 6.07 Å². The number of aryl methyl sites for hydroxylation is 1. The van der Waals surface area contributed by atoms with E-state index in [4.69, 9.17) is 0 Å². The summed E-state index contributed by atoms with van der Waals surface area (Å²) in [5.41, 5.74) is 1.35. The van der Waals surface area contributed by atoms with Crippen molar-refractivity contribution in [3.8, 4) is 0 Å². The van der Waals surface area contributed by atoms with Crippen LogP contribution in [0.5, 0.6) is 0 Å². The van der Waals surface area contributed by atoms with Crippen molar-refractivity contribution in [1.29, 1.82) is 0 Å². The van der Waals surface area contributed by atoms with Gasteiger partial charge in [-0.15, -0.1) is 0 Å². The first-order valence-electron chi connectivity index (χ1n) is 7.12. The number of carbonyl (C=O) groups is 2. The minimum Gasteiger partial charge on any atom is -0.346 e. The van der Waals surface area contributed by atoms with Gasteiger partial charge in [-0.3, -0.25) is 9.59 Å². The Balaban J connectivity index is 1.52. The molecular weight excluding hydrogens is 238 g/mol. The Morgan fingerprint density at radius 2 is 1.95 bits per heavy atom. The molecule has 1 aromatic rings. The van der Waals surface area contributed by atoms with Crippen molar-refractivity contribution in [3.05, 3.63) is 35.9 Å².